The summed E-state index contributed by atoms with van der Waals surface area (Å²) in [4.78, 5) is 16.6. The summed E-state index contributed by atoms with van der Waals surface area (Å²) in [6.07, 6.45) is 5.29. The topological polar surface area (TPSA) is 57.0 Å². The van der Waals surface area contributed by atoms with Gasteiger partial charge < -0.3 is 4.74 Å². The number of carbonyl (C=O) groups excluding carboxylic acids is 1. The zero-order valence-electron chi connectivity index (χ0n) is 11.9. The molecule has 0 atom stereocenters. The van der Waals surface area contributed by atoms with Crippen molar-refractivity contribution in [2.75, 3.05) is 7.11 Å². The highest BCUT2D eigenvalue weighted by atomic mass is 16.5. The second-order valence-corrected chi connectivity index (χ2v) is 4.53. The van der Waals surface area contributed by atoms with Gasteiger partial charge in [0.1, 0.15) is 5.69 Å². The third-order valence-electron chi connectivity index (χ3n) is 3.06. The molecule has 0 spiro atoms. The van der Waals surface area contributed by atoms with Crippen LogP contribution in [0.1, 0.15) is 35.9 Å². The van der Waals surface area contributed by atoms with Gasteiger partial charge in [0, 0.05) is 24.9 Å². The Morgan fingerprint density at radius 2 is 2.25 bits per heavy atom. The van der Waals surface area contributed by atoms with Crippen LogP contribution in [-0.4, -0.2) is 27.7 Å². The van der Waals surface area contributed by atoms with Crippen LogP contribution in [0, 0.1) is 0 Å². The minimum Gasteiger partial charge on any atom is -0.493 e. The molecular weight excluding hydrogens is 254 g/mol. The van der Waals surface area contributed by atoms with Crippen molar-refractivity contribution in [2.24, 2.45) is 0 Å². The Balaban J connectivity index is 2.10. The van der Waals surface area contributed by atoms with Crippen LogP contribution in [0.4, 0.5) is 0 Å². The van der Waals surface area contributed by atoms with Crippen molar-refractivity contribution < 1.29 is 9.53 Å². The standard InChI is InChI=1S/C15H19N3O2/c1-3-10-18-15(14(20-2)11-17-18)13(19)8-7-12-6-4-5-9-16-12/h4-6,9,11H,3,7-8,10H2,1-2H3. The summed E-state index contributed by atoms with van der Waals surface area (Å²) in [7, 11) is 1.56. The van der Waals surface area contributed by atoms with E-state index >= 15 is 0 Å². The number of nitrogens with zero attached hydrogens (tertiary/aromatic N) is 3. The van der Waals surface area contributed by atoms with Gasteiger partial charge in [-0.2, -0.15) is 5.10 Å². The molecular formula is C15H19N3O2. The predicted molar refractivity (Wildman–Crippen MR) is 76.0 cm³/mol. The van der Waals surface area contributed by atoms with E-state index in [1.165, 1.54) is 0 Å². The van der Waals surface area contributed by atoms with E-state index in [0.717, 1.165) is 12.1 Å². The Labute approximate surface area is 118 Å². The van der Waals surface area contributed by atoms with Gasteiger partial charge in [0.15, 0.2) is 11.5 Å². The smallest absolute Gasteiger partial charge is 0.185 e. The number of ether oxygens (including phenoxy) is 1. The molecule has 0 fully saturated rings. The maximum absolute atomic E-state index is 12.4. The fraction of sp³-hybridized carbons (Fsp3) is 0.400. The van der Waals surface area contributed by atoms with Gasteiger partial charge in [0.25, 0.3) is 0 Å². The molecule has 0 aliphatic heterocycles. The van der Waals surface area contributed by atoms with Crippen molar-refractivity contribution in [1.29, 1.82) is 0 Å². The molecule has 2 heterocycles. The summed E-state index contributed by atoms with van der Waals surface area (Å²) >= 11 is 0. The van der Waals surface area contributed by atoms with E-state index in [0.29, 0.717) is 30.8 Å². The molecule has 0 N–H and O–H groups in total. The first-order valence-electron chi connectivity index (χ1n) is 6.79. The monoisotopic (exact) mass is 273 g/mol. The molecule has 0 aliphatic rings. The van der Waals surface area contributed by atoms with Crippen molar-refractivity contribution in [1.82, 2.24) is 14.8 Å². The zero-order chi connectivity index (χ0) is 14.4. The van der Waals surface area contributed by atoms with Crippen molar-refractivity contribution >= 4 is 5.78 Å². The molecule has 0 amide bonds. The van der Waals surface area contributed by atoms with Crippen LogP contribution in [0.15, 0.2) is 30.6 Å². The van der Waals surface area contributed by atoms with Gasteiger partial charge in [0.2, 0.25) is 0 Å². The van der Waals surface area contributed by atoms with Crippen LogP contribution in [0.2, 0.25) is 0 Å². The molecule has 5 nitrogen and oxygen atoms in total. The van der Waals surface area contributed by atoms with E-state index < -0.39 is 0 Å². The minimum atomic E-state index is 0.0402. The van der Waals surface area contributed by atoms with E-state index in [1.54, 1.807) is 24.2 Å². The van der Waals surface area contributed by atoms with E-state index in [1.807, 2.05) is 18.2 Å². The number of Topliss-reactive ketones (excluding diaryl/α,β-unsaturated/α-hetero) is 1. The molecule has 2 aromatic rings. The molecule has 2 rings (SSSR count). The van der Waals surface area contributed by atoms with E-state index in [4.69, 9.17) is 4.74 Å². The van der Waals surface area contributed by atoms with Crippen molar-refractivity contribution in [3.8, 4) is 5.75 Å². The Hall–Kier alpha value is -2.17. The molecule has 0 bridgehead atoms. The summed E-state index contributed by atoms with van der Waals surface area (Å²) in [5.74, 6) is 0.586. The lowest BCUT2D eigenvalue weighted by Crippen LogP contribution is -2.12. The summed E-state index contributed by atoms with van der Waals surface area (Å²) in [6.45, 7) is 2.77. The van der Waals surface area contributed by atoms with Gasteiger partial charge in [-0.05, 0) is 25.0 Å². The molecule has 20 heavy (non-hydrogen) atoms. The van der Waals surface area contributed by atoms with Gasteiger partial charge >= 0.3 is 0 Å². The van der Waals surface area contributed by atoms with Gasteiger partial charge in [-0.1, -0.05) is 13.0 Å². The van der Waals surface area contributed by atoms with Crippen molar-refractivity contribution in [2.45, 2.75) is 32.7 Å². The average Bonchev–Trinajstić information content (AvgIpc) is 2.89. The normalized spacial score (nSPS) is 10.5. The van der Waals surface area contributed by atoms with Crippen LogP contribution >= 0.6 is 0 Å². The molecule has 0 aromatic carbocycles. The Kier molecular flexibility index (Phi) is 4.87. The first-order chi connectivity index (χ1) is 9.76. The van der Waals surface area contributed by atoms with Crippen LogP contribution in [0.5, 0.6) is 5.75 Å². The van der Waals surface area contributed by atoms with E-state index in [2.05, 4.69) is 17.0 Å². The lowest BCUT2D eigenvalue weighted by molar-refractivity contribution is 0.0968. The number of methoxy groups -OCH3 is 1. The molecule has 0 saturated carbocycles. The number of aryl methyl sites for hydroxylation is 2. The highest BCUT2D eigenvalue weighted by Crippen LogP contribution is 2.20. The fourth-order valence-electron chi connectivity index (χ4n) is 2.09. The number of rotatable bonds is 7. The Bertz CT molecular complexity index is 564. The van der Waals surface area contributed by atoms with E-state index in [-0.39, 0.29) is 5.78 Å². The third-order valence-corrected chi connectivity index (χ3v) is 3.06. The first-order valence-corrected chi connectivity index (χ1v) is 6.79. The number of hydrogen-bond donors (Lipinski definition) is 0. The predicted octanol–water partition coefficient (Wildman–Crippen LogP) is 2.51. The summed E-state index contributed by atoms with van der Waals surface area (Å²) in [6, 6.07) is 5.72. The zero-order valence-corrected chi connectivity index (χ0v) is 11.9. The van der Waals surface area contributed by atoms with Crippen molar-refractivity contribution in [3.63, 3.8) is 0 Å². The van der Waals surface area contributed by atoms with Gasteiger partial charge in [-0.15, -0.1) is 0 Å². The van der Waals surface area contributed by atoms with Gasteiger partial charge in [0.05, 0.1) is 13.3 Å². The first kappa shape index (κ1) is 14.2. The highest BCUT2D eigenvalue weighted by molar-refractivity contribution is 5.97. The van der Waals surface area contributed by atoms with Crippen molar-refractivity contribution in [3.05, 3.63) is 42.0 Å². The Morgan fingerprint density at radius 3 is 2.90 bits per heavy atom. The van der Waals surface area contributed by atoms with Gasteiger partial charge in [-0.3, -0.25) is 14.5 Å². The SMILES string of the molecule is CCCn1ncc(OC)c1C(=O)CCc1ccccn1. The van der Waals surface area contributed by atoms with E-state index in [9.17, 15) is 4.79 Å². The maximum Gasteiger partial charge on any atom is 0.185 e. The number of pyridine rings is 1. The van der Waals surface area contributed by atoms with Crippen LogP contribution in [0.25, 0.3) is 0 Å². The number of ketones is 1. The lowest BCUT2D eigenvalue weighted by atomic mass is 10.1. The molecule has 0 unspecified atom stereocenters. The van der Waals surface area contributed by atoms with Gasteiger partial charge in [-0.25, -0.2) is 0 Å². The quantitative estimate of drug-likeness (QED) is 0.727. The molecule has 2 aromatic heterocycles. The lowest BCUT2D eigenvalue weighted by Gasteiger charge is -2.07. The highest BCUT2D eigenvalue weighted by Gasteiger charge is 2.18. The molecule has 0 aliphatic carbocycles. The number of hydrogen-bond acceptors (Lipinski definition) is 4. The summed E-state index contributed by atoms with van der Waals surface area (Å²) in [5, 5.41) is 4.21. The number of carbonyl (C=O) groups is 1. The second-order valence-electron chi connectivity index (χ2n) is 4.53. The Morgan fingerprint density at radius 1 is 1.40 bits per heavy atom. The summed E-state index contributed by atoms with van der Waals surface area (Å²) in [5.41, 5.74) is 1.48. The average molecular weight is 273 g/mol. The third kappa shape index (κ3) is 3.23. The largest absolute Gasteiger partial charge is 0.493 e. The van der Waals surface area contributed by atoms with Crippen LogP contribution < -0.4 is 4.74 Å². The van der Waals surface area contributed by atoms with Crippen LogP contribution in [-0.2, 0) is 13.0 Å². The minimum absolute atomic E-state index is 0.0402. The van der Waals surface area contributed by atoms with Crippen LogP contribution in [0.3, 0.4) is 0 Å². The summed E-state index contributed by atoms with van der Waals surface area (Å²) < 4.78 is 6.95. The molecule has 0 saturated heterocycles. The molecule has 5 heteroatoms. The molecule has 0 radical (unpaired) electrons. The maximum atomic E-state index is 12.4. The molecule has 106 valence electrons. The fourth-order valence-corrected chi connectivity index (χ4v) is 2.09. The number of aromatic nitrogens is 3. The second kappa shape index (κ2) is 6.84.